The number of likely N-dealkylation sites (N-methyl/N-ethyl adjacent to an activating group) is 1. The molecule has 0 saturated carbocycles. The van der Waals surface area contributed by atoms with Gasteiger partial charge in [-0.25, -0.2) is 0 Å². The summed E-state index contributed by atoms with van der Waals surface area (Å²) in [6, 6.07) is 9.03. The van der Waals surface area contributed by atoms with Crippen molar-refractivity contribution in [1.29, 1.82) is 0 Å². The maximum Gasteiger partial charge on any atom is 0.255 e. The number of pyridine rings is 1. The van der Waals surface area contributed by atoms with E-state index >= 15 is 0 Å². The van der Waals surface area contributed by atoms with Crippen molar-refractivity contribution >= 4 is 40.9 Å². The molecule has 2 fully saturated rings. The fraction of sp³-hybridized carbons (Fsp3) is 0.481. The molecule has 3 amide bonds. The quantitative estimate of drug-likeness (QED) is 0.586. The van der Waals surface area contributed by atoms with E-state index in [0.29, 0.717) is 61.1 Å². The van der Waals surface area contributed by atoms with Crippen molar-refractivity contribution in [3.05, 3.63) is 63.4 Å². The van der Waals surface area contributed by atoms with Gasteiger partial charge in [-0.1, -0.05) is 29.3 Å². The summed E-state index contributed by atoms with van der Waals surface area (Å²) in [5, 5.41) is 0.915. The Morgan fingerprint density at radius 3 is 2.28 bits per heavy atom. The third-order valence-corrected chi connectivity index (χ3v) is 8.26. The molecule has 4 rings (SSSR count). The van der Waals surface area contributed by atoms with Crippen molar-refractivity contribution in [3.8, 4) is 0 Å². The number of hydrogen-bond acceptors (Lipinski definition) is 4. The van der Waals surface area contributed by atoms with E-state index in [1.807, 2.05) is 37.1 Å². The first-order valence-electron chi connectivity index (χ1n) is 12.3. The molecule has 192 valence electrons. The molecular formula is C27H32Cl2N4O3. The second kappa shape index (κ2) is 11.2. The lowest BCUT2D eigenvalue weighted by atomic mass is 9.83. The highest BCUT2D eigenvalue weighted by atomic mass is 35.5. The zero-order valence-electron chi connectivity index (χ0n) is 20.9. The molecule has 2 aromatic rings. The van der Waals surface area contributed by atoms with Gasteiger partial charge in [0, 0.05) is 69.9 Å². The smallest absolute Gasteiger partial charge is 0.255 e. The van der Waals surface area contributed by atoms with E-state index in [1.165, 1.54) is 0 Å². The van der Waals surface area contributed by atoms with Crippen LogP contribution in [0.2, 0.25) is 10.0 Å². The van der Waals surface area contributed by atoms with Gasteiger partial charge in [-0.3, -0.25) is 19.4 Å². The van der Waals surface area contributed by atoms with Crippen LogP contribution >= 0.6 is 23.2 Å². The Labute approximate surface area is 222 Å². The molecule has 2 aliphatic heterocycles. The molecule has 2 saturated heterocycles. The fourth-order valence-electron chi connectivity index (χ4n) is 5.32. The molecule has 0 bridgehead atoms. The third-order valence-electron chi connectivity index (χ3n) is 7.53. The minimum atomic E-state index is -0.125. The van der Waals surface area contributed by atoms with Crippen LogP contribution in [0.25, 0.3) is 0 Å². The van der Waals surface area contributed by atoms with Crippen LogP contribution in [0.1, 0.15) is 53.7 Å². The number of halogens is 2. The highest BCUT2D eigenvalue weighted by Crippen LogP contribution is 2.35. The molecule has 3 heterocycles. The zero-order valence-corrected chi connectivity index (χ0v) is 22.4. The Balaban J connectivity index is 1.55. The summed E-state index contributed by atoms with van der Waals surface area (Å²) in [6.07, 6.45) is 3.60. The summed E-state index contributed by atoms with van der Waals surface area (Å²) in [7, 11) is 1.81. The number of rotatable bonds is 4. The van der Waals surface area contributed by atoms with Crippen molar-refractivity contribution < 1.29 is 14.4 Å². The number of benzene rings is 1. The van der Waals surface area contributed by atoms with Gasteiger partial charge in [-0.2, -0.15) is 0 Å². The molecular weight excluding hydrogens is 499 g/mol. The number of likely N-dealkylation sites (tertiary alicyclic amines) is 2. The van der Waals surface area contributed by atoms with Crippen molar-refractivity contribution in [1.82, 2.24) is 19.7 Å². The maximum atomic E-state index is 13.5. The van der Waals surface area contributed by atoms with E-state index in [2.05, 4.69) is 4.98 Å². The van der Waals surface area contributed by atoms with Crippen molar-refractivity contribution in [2.24, 2.45) is 5.92 Å². The molecule has 0 unspecified atom stereocenters. The van der Waals surface area contributed by atoms with E-state index in [9.17, 15) is 14.4 Å². The van der Waals surface area contributed by atoms with Gasteiger partial charge >= 0.3 is 0 Å². The predicted octanol–water partition coefficient (Wildman–Crippen LogP) is 4.41. The van der Waals surface area contributed by atoms with E-state index in [-0.39, 0.29) is 35.6 Å². The molecule has 0 radical (unpaired) electrons. The number of aromatic nitrogens is 1. The van der Waals surface area contributed by atoms with E-state index in [4.69, 9.17) is 23.2 Å². The predicted molar refractivity (Wildman–Crippen MR) is 140 cm³/mol. The van der Waals surface area contributed by atoms with Crippen LogP contribution in [0.3, 0.4) is 0 Å². The molecule has 2 atom stereocenters. The minimum Gasteiger partial charge on any atom is -0.343 e. The molecule has 7 nitrogen and oxygen atoms in total. The van der Waals surface area contributed by atoms with Gasteiger partial charge in [0.15, 0.2) is 0 Å². The number of aryl methyl sites for hydroxylation is 1. The Hall–Kier alpha value is -2.64. The maximum absolute atomic E-state index is 13.5. The first kappa shape index (κ1) is 26.4. The van der Waals surface area contributed by atoms with Crippen molar-refractivity contribution in [2.75, 3.05) is 33.2 Å². The molecule has 2 aliphatic rings. The lowest BCUT2D eigenvalue weighted by Crippen LogP contribution is -2.53. The summed E-state index contributed by atoms with van der Waals surface area (Å²) in [5.74, 6) is -0.142. The van der Waals surface area contributed by atoms with Crippen LogP contribution in [0.4, 0.5) is 0 Å². The largest absolute Gasteiger partial charge is 0.343 e. The second-order valence-electron chi connectivity index (χ2n) is 9.80. The van der Waals surface area contributed by atoms with Gasteiger partial charge < -0.3 is 14.7 Å². The lowest BCUT2D eigenvalue weighted by Gasteiger charge is -2.44. The first-order valence-corrected chi connectivity index (χ1v) is 13.1. The number of amides is 3. The summed E-state index contributed by atoms with van der Waals surface area (Å²) in [4.78, 5) is 48.2. The summed E-state index contributed by atoms with van der Waals surface area (Å²) < 4.78 is 0. The topological polar surface area (TPSA) is 73.8 Å². The standard InChI is InChI=1S/C27H32Cl2N4O3/c1-17-4-5-21(15-30-17)26(35)31(3)25-10-13-33(16-22(25)20-6-7-23(28)24(29)14-20)27(36)19-8-11-32(12-9-19)18(2)34/h4-7,14-15,19,22,25H,8-13,16H2,1-3H3/t22-,25+/m0/s1. The van der Waals surface area contributed by atoms with Gasteiger partial charge in [0.2, 0.25) is 11.8 Å². The van der Waals surface area contributed by atoms with Crippen LogP contribution in [0.5, 0.6) is 0 Å². The molecule has 9 heteroatoms. The molecule has 1 aromatic heterocycles. The van der Waals surface area contributed by atoms with Gasteiger partial charge in [0.1, 0.15) is 0 Å². The van der Waals surface area contributed by atoms with Gasteiger partial charge in [0.05, 0.1) is 15.6 Å². The molecule has 36 heavy (non-hydrogen) atoms. The second-order valence-corrected chi connectivity index (χ2v) is 10.6. The van der Waals surface area contributed by atoms with Gasteiger partial charge in [-0.15, -0.1) is 0 Å². The number of carbonyl (C=O) groups is 3. The van der Waals surface area contributed by atoms with Crippen LogP contribution in [0.15, 0.2) is 36.5 Å². The van der Waals surface area contributed by atoms with Crippen molar-refractivity contribution in [3.63, 3.8) is 0 Å². The summed E-state index contributed by atoms with van der Waals surface area (Å²) >= 11 is 12.5. The lowest BCUT2D eigenvalue weighted by molar-refractivity contribution is -0.141. The normalized spacial score (nSPS) is 20.8. The van der Waals surface area contributed by atoms with E-state index in [1.54, 1.807) is 35.1 Å². The summed E-state index contributed by atoms with van der Waals surface area (Å²) in [5.41, 5.74) is 2.33. The number of piperidine rings is 2. The molecule has 0 spiro atoms. The Kier molecular flexibility index (Phi) is 8.20. The molecule has 0 N–H and O–H groups in total. The Morgan fingerprint density at radius 1 is 0.972 bits per heavy atom. The van der Waals surface area contributed by atoms with Crippen molar-refractivity contribution in [2.45, 2.75) is 45.1 Å². The number of carbonyl (C=O) groups excluding carboxylic acids is 3. The Bertz CT molecular complexity index is 1130. The minimum absolute atomic E-state index is 0.0536. The third kappa shape index (κ3) is 5.68. The van der Waals surface area contributed by atoms with Crippen LogP contribution < -0.4 is 0 Å². The summed E-state index contributed by atoms with van der Waals surface area (Å²) in [6.45, 7) is 5.73. The highest BCUT2D eigenvalue weighted by Gasteiger charge is 2.39. The average molecular weight is 531 g/mol. The number of nitrogens with zero attached hydrogens (tertiary/aromatic N) is 4. The average Bonchev–Trinajstić information content (AvgIpc) is 2.89. The highest BCUT2D eigenvalue weighted by molar-refractivity contribution is 6.42. The van der Waals surface area contributed by atoms with Gasteiger partial charge in [-0.05, 0) is 56.0 Å². The van der Waals surface area contributed by atoms with Crippen LogP contribution in [0, 0.1) is 12.8 Å². The zero-order chi connectivity index (χ0) is 26.0. The van der Waals surface area contributed by atoms with Crippen LogP contribution in [-0.4, -0.2) is 76.7 Å². The Morgan fingerprint density at radius 2 is 1.67 bits per heavy atom. The SMILES string of the molecule is CC(=O)N1CCC(C(=O)N2CC[C@@H](N(C)C(=O)c3ccc(C)nc3)[C@H](c3ccc(Cl)c(Cl)c3)C2)CC1. The van der Waals surface area contributed by atoms with E-state index in [0.717, 1.165) is 11.3 Å². The number of hydrogen-bond donors (Lipinski definition) is 0. The van der Waals surface area contributed by atoms with Gasteiger partial charge in [0.25, 0.3) is 5.91 Å². The fourth-order valence-corrected chi connectivity index (χ4v) is 5.63. The molecule has 0 aliphatic carbocycles. The molecule has 1 aromatic carbocycles. The first-order chi connectivity index (χ1) is 17.2. The van der Waals surface area contributed by atoms with Crippen LogP contribution in [-0.2, 0) is 9.59 Å². The van der Waals surface area contributed by atoms with E-state index < -0.39 is 0 Å². The monoisotopic (exact) mass is 530 g/mol.